The average molecular weight is 227 g/mol. The molecule has 0 fully saturated rings. The van der Waals surface area contributed by atoms with E-state index in [1.165, 1.54) is 13.8 Å². The van der Waals surface area contributed by atoms with E-state index < -0.39 is 7.37 Å². The van der Waals surface area contributed by atoms with E-state index in [1.807, 2.05) is 30.3 Å². The molecule has 0 radical (unpaired) electrons. The molecule has 0 saturated heterocycles. The molecule has 5 heteroatoms. The summed E-state index contributed by atoms with van der Waals surface area (Å²) in [6.45, 7) is 1.44. The van der Waals surface area contributed by atoms with Crippen molar-refractivity contribution in [3.05, 3.63) is 35.9 Å². The Bertz CT molecular complexity index is 389. The Labute approximate surface area is 89.0 Å². The van der Waals surface area contributed by atoms with Gasteiger partial charge < -0.3 is 9.73 Å². The van der Waals surface area contributed by atoms with Gasteiger partial charge in [0.25, 0.3) is 0 Å². The van der Waals surface area contributed by atoms with Crippen molar-refractivity contribution >= 4 is 12.8 Å². The summed E-state index contributed by atoms with van der Waals surface area (Å²) in [5.41, 5.74) is 1.11. The van der Waals surface area contributed by atoms with Gasteiger partial charge in [0.15, 0.2) is 0 Å². The third-order valence-corrected chi connectivity index (χ3v) is 4.02. The van der Waals surface area contributed by atoms with E-state index in [1.54, 1.807) is 0 Å². The predicted molar refractivity (Wildman–Crippen MR) is 59.9 cm³/mol. The van der Waals surface area contributed by atoms with Gasteiger partial charge in [-0.15, -0.1) is 0 Å². The fraction of sp³-hybridized carbons (Fsp3) is 0.300. The van der Waals surface area contributed by atoms with Crippen molar-refractivity contribution in [1.29, 1.82) is 0 Å². The van der Waals surface area contributed by atoms with Crippen LogP contribution in [0.5, 0.6) is 0 Å². The van der Waals surface area contributed by atoms with E-state index in [2.05, 4.69) is 5.16 Å². The van der Waals surface area contributed by atoms with Crippen LogP contribution < -0.4 is 0 Å². The van der Waals surface area contributed by atoms with Gasteiger partial charge in [0.05, 0.1) is 0 Å². The molecular weight excluding hydrogens is 213 g/mol. The molecule has 0 unspecified atom stereocenters. The molecule has 82 valence electrons. The van der Waals surface area contributed by atoms with Crippen molar-refractivity contribution < 1.29 is 14.3 Å². The van der Waals surface area contributed by atoms with Gasteiger partial charge in [-0.2, -0.15) is 0 Å². The molecule has 0 aliphatic rings. The van der Waals surface area contributed by atoms with Gasteiger partial charge in [0.1, 0.15) is 5.45 Å². The molecular formula is C10H14NO3P. The molecule has 4 nitrogen and oxygen atoms in total. The average Bonchev–Trinajstić information content (AvgIpc) is 2.27. The fourth-order valence-electron chi connectivity index (χ4n) is 1.14. The number of hydrogen-bond acceptors (Lipinski definition) is 4. The van der Waals surface area contributed by atoms with Crippen molar-refractivity contribution in [2.75, 3.05) is 13.8 Å². The molecule has 1 aromatic carbocycles. The van der Waals surface area contributed by atoms with E-state index >= 15 is 0 Å². The molecule has 0 spiro atoms. The summed E-state index contributed by atoms with van der Waals surface area (Å²) in [6, 6.07) is 9.39. The first-order chi connectivity index (χ1) is 7.10. The number of rotatable bonds is 4. The van der Waals surface area contributed by atoms with Gasteiger partial charge >= 0.3 is 0 Å². The second-order valence-electron chi connectivity index (χ2n) is 3.21. The van der Waals surface area contributed by atoms with Crippen LogP contribution in [0.25, 0.3) is 0 Å². The maximum absolute atomic E-state index is 11.8. The lowest BCUT2D eigenvalue weighted by atomic mass is 10.2. The van der Waals surface area contributed by atoms with Crippen LogP contribution in [0.3, 0.4) is 0 Å². The molecule has 1 N–H and O–H groups in total. The lowest BCUT2D eigenvalue weighted by molar-refractivity contribution is 0.317. The van der Waals surface area contributed by atoms with Crippen molar-refractivity contribution in [2.45, 2.75) is 6.42 Å². The quantitative estimate of drug-likeness (QED) is 0.372. The molecule has 15 heavy (non-hydrogen) atoms. The maximum atomic E-state index is 11.8. The van der Waals surface area contributed by atoms with Crippen molar-refractivity contribution in [3.8, 4) is 0 Å². The van der Waals surface area contributed by atoms with Gasteiger partial charge in [-0.05, 0) is 5.56 Å². The van der Waals surface area contributed by atoms with Crippen molar-refractivity contribution in [3.63, 3.8) is 0 Å². The topological polar surface area (TPSA) is 58.9 Å². The van der Waals surface area contributed by atoms with E-state index in [-0.39, 0.29) is 5.45 Å². The monoisotopic (exact) mass is 227 g/mol. The number of benzene rings is 1. The summed E-state index contributed by atoms with van der Waals surface area (Å²) in [5, 5.41) is 11.8. The predicted octanol–water partition coefficient (Wildman–Crippen LogP) is 2.57. The molecule has 0 saturated carbocycles. The van der Waals surface area contributed by atoms with Crippen LogP contribution in [0.2, 0.25) is 0 Å². The zero-order chi connectivity index (χ0) is 11.3. The zero-order valence-corrected chi connectivity index (χ0v) is 9.65. The van der Waals surface area contributed by atoms with Gasteiger partial charge in [0.2, 0.25) is 7.37 Å². The lowest BCUT2D eigenvalue weighted by Crippen LogP contribution is -2.05. The highest BCUT2D eigenvalue weighted by Crippen LogP contribution is 2.44. The molecule has 0 aromatic heterocycles. The number of oxime groups is 1. The van der Waals surface area contributed by atoms with Gasteiger partial charge in [-0.3, -0.25) is 4.57 Å². The number of hydrogen-bond donors (Lipinski definition) is 1. The Kier molecular flexibility index (Phi) is 4.06. The lowest BCUT2D eigenvalue weighted by Gasteiger charge is -2.11. The molecule has 0 aliphatic heterocycles. The van der Waals surface area contributed by atoms with E-state index in [9.17, 15) is 4.57 Å². The molecule has 1 rings (SSSR count). The van der Waals surface area contributed by atoms with E-state index in [4.69, 9.17) is 9.73 Å². The second kappa shape index (κ2) is 5.10. The highest BCUT2D eigenvalue weighted by Gasteiger charge is 2.23. The Morgan fingerprint density at radius 1 is 1.47 bits per heavy atom. The summed E-state index contributed by atoms with van der Waals surface area (Å²) < 4.78 is 16.6. The Balaban J connectivity index is 2.86. The molecule has 1 atom stereocenters. The zero-order valence-electron chi connectivity index (χ0n) is 8.75. The third-order valence-electron chi connectivity index (χ3n) is 2.14. The minimum absolute atomic E-state index is 0.177. The largest absolute Gasteiger partial charge is 0.410 e. The van der Waals surface area contributed by atoms with Gasteiger partial charge in [-0.25, -0.2) is 0 Å². The minimum Gasteiger partial charge on any atom is -0.410 e. The van der Waals surface area contributed by atoms with E-state index in [0.29, 0.717) is 6.42 Å². The summed E-state index contributed by atoms with van der Waals surface area (Å²) in [4.78, 5) is 0. The standard InChI is InChI=1S/C10H14NO3P/c1-14-15(2,13)10(11-12)8-9-6-4-3-5-7-9/h3-7,12H,8H2,1-2H3/b11-10+/t15-/m0/s1. The van der Waals surface area contributed by atoms with Gasteiger partial charge in [0, 0.05) is 20.2 Å². The Morgan fingerprint density at radius 3 is 2.53 bits per heavy atom. The van der Waals surface area contributed by atoms with Crippen LogP contribution in [-0.2, 0) is 15.5 Å². The minimum atomic E-state index is -2.95. The maximum Gasteiger partial charge on any atom is 0.246 e. The fourth-order valence-corrected chi connectivity index (χ4v) is 1.99. The highest BCUT2D eigenvalue weighted by atomic mass is 31.2. The van der Waals surface area contributed by atoms with Crippen LogP contribution in [0.15, 0.2) is 35.5 Å². The van der Waals surface area contributed by atoms with Crippen LogP contribution in [0, 0.1) is 0 Å². The summed E-state index contributed by atoms with van der Waals surface area (Å²) >= 11 is 0. The van der Waals surface area contributed by atoms with Crippen LogP contribution in [0.4, 0.5) is 0 Å². The summed E-state index contributed by atoms with van der Waals surface area (Å²) in [5.74, 6) is 0. The normalized spacial score (nSPS) is 16.0. The first kappa shape index (κ1) is 12.0. The molecule has 0 aliphatic carbocycles. The van der Waals surface area contributed by atoms with Crippen molar-refractivity contribution in [1.82, 2.24) is 0 Å². The molecule has 0 amide bonds. The third kappa shape index (κ3) is 3.18. The number of nitrogens with zero attached hydrogens (tertiary/aromatic N) is 1. The first-order valence-corrected chi connectivity index (χ1v) is 6.56. The molecule has 0 heterocycles. The van der Waals surface area contributed by atoms with Gasteiger partial charge in [-0.1, -0.05) is 35.5 Å². The molecule has 1 aromatic rings. The highest BCUT2D eigenvalue weighted by molar-refractivity contribution is 7.75. The van der Waals surface area contributed by atoms with Crippen LogP contribution in [0.1, 0.15) is 5.56 Å². The van der Waals surface area contributed by atoms with Crippen LogP contribution in [-0.4, -0.2) is 24.4 Å². The SMILES string of the molecule is CO[P@](C)(=O)/C(Cc1ccccc1)=N/O. The summed E-state index contributed by atoms with van der Waals surface area (Å²) in [6.07, 6.45) is 0.332. The second-order valence-corrected chi connectivity index (χ2v) is 5.78. The Morgan fingerprint density at radius 2 is 2.07 bits per heavy atom. The Hall–Kier alpha value is -1.12. The van der Waals surface area contributed by atoms with Crippen LogP contribution >= 0.6 is 7.37 Å². The van der Waals surface area contributed by atoms with Crippen molar-refractivity contribution in [2.24, 2.45) is 5.16 Å². The van der Waals surface area contributed by atoms with E-state index in [0.717, 1.165) is 5.56 Å². The first-order valence-electron chi connectivity index (χ1n) is 4.49. The molecule has 0 bridgehead atoms. The summed E-state index contributed by atoms with van der Waals surface area (Å²) in [7, 11) is -1.60. The smallest absolute Gasteiger partial charge is 0.246 e.